The van der Waals surface area contributed by atoms with Gasteiger partial charge in [0.2, 0.25) is 0 Å². The van der Waals surface area contributed by atoms with E-state index in [1.807, 2.05) is 18.4 Å². The molecular weight excluding hydrogens is 223 g/mol. The van der Waals surface area contributed by atoms with E-state index < -0.39 is 12.6 Å². The van der Waals surface area contributed by atoms with Crippen LogP contribution in [-0.2, 0) is 13.0 Å². The van der Waals surface area contributed by atoms with E-state index in [1.54, 1.807) is 11.3 Å². The Labute approximate surface area is 91.3 Å². The third-order valence-electron chi connectivity index (χ3n) is 2.09. The van der Waals surface area contributed by atoms with Crippen molar-refractivity contribution in [1.29, 1.82) is 0 Å². The van der Waals surface area contributed by atoms with Gasteiger partial charge in [-0.15, -0.1) is 11.3 Å². The predicted octanol–water partition coefficient (Wildman–Crippen LogP) is 3.35. The summed E-state index contributed by atoms with van der Waals surface area (Å²) in [5, 5.41) is 4.78. The largest absolute Gasteiger partial charge is 0.390 e. The van der Waals surface area contributed by atoms with E-state index in [0.717, 1.165) is 11.3 Å². The van der Waals surface area contributed by atoms with Crippen molar-refractivity contribution in [3.05, 3.63) is 21.9 Å². The van der Waals surface area contributed by atoms with E-state index in [1.165, 1.54) is 5.56 Å². The number of hydrogen-bond donors (Lipinski definition) is 1. The summed E-state index contributed by atoms with van der Waals surface area (Å²) in [5.41, 5.74) is 1.22. The van der Waals surface area contributed by atoms with Crippen LogP contribution in [0, 0.1) is 0 Å². The van der Waals surface area contributed by atoms with Gasteiger partial charge in [0.1, 0.15) is 0 Å². The van der Waals surface area contributed by atoms with Crippen molar-refractivity contribution in [2.75, 3.05) is 6.54 Å². The van der Waals surface area contributed by atoms with Crippen LogP contribution in [0.5, 0.6) is 0 Å². The van der Waals surface area contributed by atoms with Gasteiger partial charge in [-0.1, -0.05) is 6.92 Å². The van der Waals surface area contributed by atoms with Crippen molar-refractivity contribution in [3.63, 3.8) is 0 Å². The van der Waals surface area contributed by atoms with Gasteiger partial charge in [-0.2, -0.15) is 13.2 Å². The summed E-state index contributed by atoms with van der Waals surface area (Å²) < 4.78 is 35.5. The van der Waals surface area contributed by atoms with Gasteiger partial charge in [0.05, 0.1) is 6.42 Å². The van der Waals surface area contributed by atoms with Gasteiger partial charge in [0, 0.05) is 18.0 Å². The molecule has 0 aliphatic heterocycles. The lowest BCUT2D eigenvalue weighted by Gasteiger charge is -2.07. The minimum atomic E-state index is -4.06. The van der Waals surface area contributed by atoms with Gasteiger partial charge in [0.25, 0.3) is 0 Å². The molecule has 0 aromatic carbocycles. The van der Waals surface area contributed by atoms with Crippen LogP contribution in [0.25, 0.3) is 0 Å². The second-order valence-corrected chi connectivity index (χ2v) is 4.27. The van der Waals surface area contributed by atoms with Crippen molar-refractivity contribution in [1.82, 2.24) is 5.32 Å². The lowest BCUT2D eigenvalue weighted by atomic mass is 10.2. The molecule has 0 fully saturated rings. The summed E-state index contributed by atoms with van der Waals surface area (Å²) in [4.78, 5) is 1.14. The average Bonchev–Trinajstić information content (AvgIpc) is 2.58. The van der Waals surface area contributed by atoms with Crippen LogP contribution in [0.4, 0.5) is 13.2 Å². The minimum Gasteiger partial charge on any atom is -0.312 e. The molecular formula is C10H14F3NS. The Morgan fingerprint density at radius 3 is 2.73 bits per heavy atom. The van der Waals surface area contributed by atoms with E-state index in [9.17, 15) is 13.2 Å². The number of hydrogen-bond acceptors (Lipinski definition) is 2. The van der Waals surface area contributed by atoms with Crippen LogP contribution >= 0.6 is 11.3 Å². The summed E-state index contributed by atoms with van der Waals surface area (Å²) in [7, 11) is 0. The van der Waals surface area contributed by atoms with Crippen LogP contribution in [0.1, 0.15) is 23.8 Å². The topological polar surface area (TPSA) is 12.0 Å². The van der Waals surface area contributed by atoms with Gasteiger partial charge in [-0.05, 0) is 23.4 Å². The average molecular weight is 237 g/mol. The normalized spacial score (nSPS) is 12.0. The third-order valence-corrected chi connectivity index (χ3v) is 3.05. The SMILES string of the molecule is CCc1ccsc1CNCCC(F)(F)F. The van der Waals surface area contributed by atoms with Crippen LogP contribution in [0.3, 0.4) is 0 Å². The zero-order valence-electron chi connectivity index (χ0n) is 8.53. The number of halogens is 3. The van der Waals surface area contributed by atoms with Crippen LogP contribution in [0.2, 0.25) is 0 Å². The molecule has 1 rings (SSSR count). The smallest absolute Gasteiger partial charge is 0.312 e. The standard InChI is InChI=1S/C10H14F3NS/c1-2-8-3-6-15-9(8)7-14-5-4-10(11,12)13/h3,6,14H,2,4-5,7H2,1H3. The highest BCUT2D eigenvalue weighted by Gasteiger charge is 2.25. The van der Waals surface area contributed by atoms with Crippen LogP contribution in [0.15, 0.2) is 11.4 Å². The first-order valence-electron chi connectivity index (χ1n) is 4.85. The van der Waals surface area contributed by atoms with Gasteiger partial charge >= 0.3 is 6.18 Å². The van der Waals surface area contributed by atoms with E-state index in [2.05, 4.69) is 5.32 Å². The van der Waals surface area contributed by atoms with E-state index >= 15 is 0 Å². The van der Waals surface area contributed by atoms with Crippen molar-refractivity contribution < 1.29 is 13.2 Å². The molecule has 0 radical (unpaired) electrons. The molecule has 0 aliphatic rings. The molecule has 1 nitrogen and oxygen atoms in total. The number of rotatable bonds is 5. The molecule has 86 valence electrons. The van der Waals surface area contributed by atoms with Crippen molar-refractivity contribution >= 4 is 11.3 Å². The first-order chi connectivity index (χ1) is 7.03. The Hall–Kier alpha value is -0.550. The van der Waals surface area contributed by atoms with Crippen molar-refractivity contribution in [2.24, 2.45) is 0 Å². The fourth-order valence-corrected chi connectivity index (χ4v) is 2.21. The molecule has 0 spiro atoms. The molecule has 1 heterocycles. The maximum Gasteiger partial charge on any atom is 0.390 e. The van der Waals surface area contributed by atoms with Gasteiger partial charge in [-0.25, -0.2) is 0 Å². The van der Waals surface area contributed by atoms with Crippen molar-refractivity contribution in [3.8, 4) is 0 Å². The fourth-order valence-electron chi connectivity index (χ4n) is 1.27. The van der Waals surface area contributed by atoms with E-state index in [4.69, 9.17) is 0 Å². The molecule has 15 heavy (non-hydrogen) atoms. The summed E-state index contributed by atoms with van der Waals surface area (Å²) in [6, 6.07) is 2.02. The predicted molar refractivity (Wildman–Crippen MR) is 56.1 cm³/mol. The summed E-state index contributed by atoms with van der Waals surface area (Å²) in [6.07, 6.45) is -3.89. The Morgan fingerprint density at radius 2 is 2.13 bits per heavy atom. The first kappa shape index (κ1) is 12.5. The summed E-state index contributed by atoms with van der Waals surface area (Å²) in [5.74, 6) is 0. The molecule has 1 N–H and O–H groups in total. The number of thiophene rings is 1. The molecule has 5 heteroatoms. The van der Waals surface area contributed by atoms with Gasteiger partial charge < -0.3 is 5.32 Å². The third kappa shape index (κ3) is 4.66. The Morgan fingerprint density at radius 1 is 1.40 bits per heavy atom. The highest BCUT2D eigenvalue weighted by atomic mass is 32.1. The molecule has 0 unspecified atom stereocenters. The van der Waals surface area contributed by atoms with Crippen LogP contribution in [-0.4, -0.2) is 12.7 Å². The van der Waals surface area contributed by atoms with Gasteiger partial charge in [0.15, 0.2) is 0 Å². The summed E-state index contributed by atoms with van der Waals surface area (Å²) in [6.45, 7) is 2.57. The monoisotopic (exact) mass is 237 g/mol. The molecule has 0 amide bonds. The quantitative estimate of drug-likeness (QED) is 0.774. The number of aryl methyl sites for hydroxylation is 1. The molecule has 0 bridgehead atoms. The Kier molecular flexibility index (Phi) is 4.60. The molecule has 0 aliphatic carbocycles. The maximum absolute atomic E-state index is 11.8. The molecule has 1 aromatic rings. The molecule has 0 atom stereocenters. The summed E-state index contributed by atoms with van der Waals surface area (Å²) >= 11 is 1.59. The minimum absolute atomic E-state index is 0.00937. The van der Waals surface area contributed by atoms with E-state index in [-0.39, 0.29) is 6.54 Å². The second-order valence-electron chi connectivity index (χ2n) is 3.26. The highest BCUT2D eigenvalue weighted by Crippen LogP contribution is 2.19. The maximum atomic E-state index is 11.8. The number of alkyl halides is 3. The fraction of sp³-hybridized carbons (Fsp3) is 0.600. The highest BCUT2D eigenvalue weighted by molar-refractivity contribution is 7.10. The zero-order chi connectivity index (χ0) is 11.3. The van der Waals surface area contributed by atoms with Gasteiger partial charge in [-0.3, -0.25) is 0 Å². The lowest BCUT2D eigenvalue weighted by molar-refractivity contribution is -0.133. The zero-order valence-corrected chi connectivity index (χ0v) is 9.34. The second kappa shape index (κ2) is 5.51. The van der Waals surface area contributed by atoms with Crippen LogP contribution < -0.4 is 5.32 Å². The molecule has 0 saturated carbocycles. The molecule has 1 aromatic heterocycles. The Balaban J connectivity index is 2.26. The van der Waals surface area contributed by atoms with Crippen molar-refractivity contribution in [2.45, 2.75) is 32.5 Å². The molecule has 0 saturated heterocycles. The number of nitrogens with one attached hydrogen (secondary N) is 1. The first-order valence-corrected chi connectivity index (χ1v) is 5.73. The lowest BCUT2D eigenvalue weighted by Crippen LogP contribution is -2.21. The Bertz CT molecular complexity index is 293. The van der Waals surface area contributed by atoms with E-state index in [0.29, 0.717) is 6.54 Å².